The molecule has 1 saturated heterocycles. The summed E-state index contributed by atoms with van der Waals surface area (Å²) in [4.78, 5) is 13.4. The minimum absolute atomic E-state index is 0.101. The lowest BCUT2D eigenvalue weighted by atomic mass is 10.1. The summed E-state index contributed by atoms with van der Waals surface area (Å²) in [5, 5.41) is 10.8. The number of para-hydroxylation sites is 1. The van der Waals surface area contributed by atoms with Crippen molar-refractivity contribution in [3.8, 4) is 0 Å². The molecule has 134 valence electrons. The maximum Gasteiger partial charge on any atom is 0.253 e. The summed E-state index contributed by atoms with van der Waals surface area (Å²) < 4.78 is 12.2. The number of anilines is 1. The van der Waals surface area contributed by atoms with Gasteiger partial charge in [-0.15, -0.1) is 10.2 Å². The Balaban J connectivity index is 1.54. The Morgan fingerprint density at radius 3 is 3.12 bits per heavy atom. The number of ether oxygens (including phenoxy) is 2. The maximum atomic E-state index is 12.4. The number of nitrogens with one attached hydrogen (secondary N) is 1. The second-order valence-electron chi connectivity index (χ2n) is 5.76. The molecule has 1 N–H and O–H groups in total. The molecule has 0 bridgehead atoms. The van der Waals surface area contributed by atoms with Gasteiger partial charge in [-0.05, 0) is 38.3 Å². The van der Waals surface area contributed by atoms with Gasteiger partial charge in [0.25, 0.3) is 5.91 Å². The van der Waals surface area contributed by atoms with Gasteiger partial charge in [0.05, 0.1) is 18.4 Å². The second kappa shape index (κ2) is 9.28. The molecule has 1 aromatic carbocycles. The summed E-state index contributed by atoms with van der Waals surface area (Å²) in [5.74, 6) is -0.166. The van der Waals surface area contributed by atoms with Gasteiger partial charge in [-0.1, -0.05) is 35.2 Å². The fraction of sp³-hybridized carbons (Fsp3) is 0.471. The molecule has 1 amide bonds. The third-order valence-electron chi connectivity index (χ3n) is 3.86. The molecule has 0 spiro atoms. The quantitative estimate of drug-likeness (QED) is 0.792. The molecule has 0 radical (unpaired) electrons. The molecule has 8 heteroatoms. The van der Waals surface area contributed by atoms with Crippen LogP contribution in [0.1, 0.15) is 26.2 Å². The third-order valence-corrected chi connectivity index (χ3v) is 5.71. The Hall–Kier alpha value is -1.48. The Labute approximate surface area is 155 Å². The van der Waals surface area contributed by atoms with Crippen LogP contribution < -0.4 is 5.32 Å². The fourth-order valence-electron chi connectivity index (χ4n) is 2.46. The van der Waals surface area contributed by atoms with Crippen molar-refractivity contribution in [1.29, 1.82) is 0 Å². The minimum Gasteiger partial charge on any atom is -0.376 e. The van der Waals surface area contributed by atoms with E-state index in [0.717, 1.165) is 40.8 Å². The highest BCUT2D eigenvalue weighted by atomic mass is 32.2. The van der Waals surface area contributed by atoms with Crippen molar-refractivity contribution < 1.29 is 14.3 Å². The predicted octanol–water partition coefficient (Wildman–Crippen LogP) is 3.60. The van der Waals surface area contributed by atoms with E-state index in [1.807, 2.05) is 24.3 Å². The highest BCUT2D eigenvalue weighted by molar-refractivity contribution is 8.01. The predicted molar refractivity (Wildman–Crippen MR) is 98.1 cm³/mol. The molecule has 3 rings (SSSR count). The summed E-state index contributed by atoms with van der Waals surface area (Å²) >= 11 is 2.95. The Morgan fingerprint density at radius 1 is 1.48 bits per heavy atom. The Kier molecular flexibility index (Phi) is 6.80. The topological polar surface area (TPSA) is 73.3 Å². The van der Waals surface area contributed by atoms with E-state index in [9.17, 15) is 4.79 Å². The number of benzene rings is 1. The van der Waals surface area contributed by atoms with Crippen molar-refractivity contribution in [1.82, 2.24) is 10.2 Å². The van der Waals surface area contributed by atoms with Crippen molar-refractivity contribution in [2.45, 2.75) is 47.6 Å². The number of nitrogens with zero attached hydrogens (tertiary/aromatic N) is 2. The van der Waals surface area contributed by atoms with E-state index in [4.69, 9.17) is 9.47 Å². The van der Waals surface area contributed by atoms with E-state index < -0.39 is 6.10 Å². The number of hydrogen-bond donors (Lipinski definition) is 1. The van der Waals surface area contributed by atoms with Crippen LogP contribution >= 0.6 is 23.1 Å². The van der Waals surface area contributed by atoms with Crippen LogP contribution in [-0.4, -0.2) is 41.5 Å². The zero-order valence-electron chi connectivity index (χ0n) is 14.0. The van der Waals surface area contributed by atoms with Crippen molar-refractivity contribution in [3.05, 3.63) is 29.8 Å². The highest BCUT2D eigenvalue weighted by Crippen LogP contribution is 2.34. The van der Waals surface area contributed by atoms with E-state index in [1.54, 1.807) is 12.4 Å². The van der Waals surface area contributed by atoms with Crippen LogP contribution in [-0.2, 0) is 14.3 Å². The van der Waals surface area contributed by atoms with Crippen LogP contribution in [0.4, 0.5) is 5.69 Å². The number of amides is 1. The molecule has 0 saturated carbocycles. The van der Waals surface area contributed by atoms with Crippen molar-refractivity contribution in [2.75, 3.05) is 18.5 Å². The van der Waals surface area contributed by atoms with Gasteiger partial charge in [-0.3, -0.25) is 4.79 Å². The van der Waals surface area contributed by atoms with Crippen LogP contribution in [0.3, 0.4) is 0 Å². The highest BCUT2D eigenvalue weighted by Gasteiger charge is 2.20. The summed E-state index contributed by atoms with van der Waals surface area (Å²) in [7, 11) is 0. The monoisotopic (exact) mass is 379 g/mol. The van der Waals surface area contributed by atoms with Crippen LogP contribution in [0, 0.1) is 0 Å². The van der Waals surface area contributed by atoms with Gasteiger partial charge < -0.3 is 14.8 Å². The first-order chi connectivity index (χ1) is 12.2. The normalized spacial score (nSPS) is 18.7. The van der Waals surface area contributed by atoms with Gasteiger partial charge in [0, 0.05) is 11.5 Å². The first-order valence-electron chi connectivity index (χ1n) is 8.29. The number of aromatic nitrogens is 2. The lowest BCUT2D eigenvalue weighted by Crippen LogP contribution is -2.32. The summed E-state index contributed by atoms with van der Waals surface area (Å²) in [6, 6.07) is 7.64. The molecule has 2 aromatic rings. The maximum absolute atomic E-state index is 12.4. The van der Waals surface area contributed by atoms with Crippen molar-refractivity contribution in [2.24, 2.45) is 0 Å². The molecule has 25 heavy (non-hydrogen) atoms. The van der Waals surface area contributed by atoms with E-state index in [0.29, 0.717) is 6.61 Å². The second-order valence-corrected chi connectivity index (χ2v) is 7.88. The van der Waals surface area contributed by atoms with E-state index in [1.165, 1.54) is 23.1 Å². The van der Waals surface area contributed by atoms with Crippen LogP contribution in [0.15, 0.2) is 39.0 Å². The molecule has 2 heterocycles. The van der Waals surface area contributed by atoms with Gasteiger partial charge >= 0.3 is 0 Å². The first kappa shape index (κ1) is 18.3. The molecule has 1 aliphatic heterocycles. The lowest BCUT2D eigenvalue weighted by molar-refractivity contribution is -0.130. The summed E-state index contributed by atoms with van der Waals surface area (Å²) in [6.07, 6.45) is 2.82. The number of hydrogen-bond acceptors (Lipinski definition) is 7. The fourth-order valence-corrected chi connectivity index (χ4v) is 3.98. The van der Waals surface area contributed by atoms with E-state index in [-0.39, 0.29) is 12.0 Å². The van der Waals surface area contributed by atoms with Gasteiger partial charge in [0.15, 0.2) is 4.34 Å². The zero-order valence-corrected chi connectivity index (χ0v) is 15.6. The summed E-state index contributed by atoms with van der Waals surface area (Å²) in [5.41, 5.74) is 2.43. The van der Waals surface area contributed by atoms with Gasteiger partial charge in [0.1, 0.15) is 11.6 Å². The molecular weight excluding hydrogens is 358 g/mol. The summed E-state index contributed by atoms with van der Waals surface area (Å²) in [6.45, 7) is 3.00. The standard InChI is InChI=1S/C17H21N3O3S2/c1-12(23-10-13-6-4-5-9-22-13)16(21)19-14-7-2-3-8-15(14)25-17-20-18-11-24-17/h2-3,7-8,11-13H,4-6,9-10H2,1H3,(H,19,21). The molecule has 0 aliphatic carbocycles. The number of carbonyl (C=O) groups excluding carboxylic acids is 1. The Morgan fingerprint density at radius 2 is 2.36 bits per heavy atom. The third kappa shape index (κ3) is 5.50. The van der Waals surface area contributed by atoms with Crippen molar-refractivity contribution >= 4 is 34.7 Å². The molecule has 1 fully saturated rings. The average molecular weight is 380 g/mol. The van der Waals surface area contributed by atoms with Crippen LogP contribution in [0.25, 0.3) is 0 Å². The molecule has 6 nitrogen and oxygen atoms in total. The molecular formula is C17H21N3O3S2. The van der Waals surface area contributed by atoms with Gasteiger partial charge in [-0.2, -0.15) is 0 Å². The number of rotatable bonds is 7. The Bertz CT molecular complexity index is 676. The molecule has 1 aromatic heterocycles. The van der Waals surface area contributed by atoms with Crippen molar-refractivity contribution in [3.63, 3.8) is 0 Å². The average Bonchev–Trinajstić information content (AvgIpc) is 3.15. The first-order valence-corrected chi connectivity index (χ1v) is 9.99. The SMILES string of the molecule is CC(OCC1CCCCO1)C(=O)Nc1ccccc1Sc1nncs1. The largest absolute Gasteiger partial charge is 0.376 e. The molecule has 2 unspecified atom stereocenters. The molecule has 2 atom stereocenters. The van der Waals surface area contributed by atoms with Gasteiger partial charge in [0.2, 0.25) is 0 Å². The van der Waals surface area contributed by atoms with Gasteiger partial charge in [-0.25, -0.2) is 0 Å². The van der Waals surface area contributed by atoms with E-state index >= 15 is 0 Å². The molecule has 1 aliphatic rings. The van der Waals surface area contributed by atoms with Crippen LogP contribution in [0.2, 0.25) is 0 Å². The minimum atomic E-state index is -0.537. The lowest BCUT2D eigenvalue weighted by Gasteiger charge is -2.24. The number of carbonyl (C=O) groups is 1. The van der Waals surface area contributed by atoms with Crippen LogP contribution in [0.5, 0.6) is 0 Å². The van der Waals surface area contributed by atoms with E-state index in [2.05, 4.69) is 15.5 Å². The zero-order chi connectivity index (χ0) is 17.5. The smallest absolute Gasteiger partial charge is 0.253 e.